The van der Waals surface area contributed by atoms with Crippen molar-refractivity contribution in [3.63, 3.8) is 0 Å². The number of halogens is 1. The van der Waals surface area contributed by atoms with Gasteiger partial charge >= 0.3 is 0 Å². The first-order chi connectivity index (χ1) is 16.9. The first kappa shape index (κ1) is 26.1. The molecule has 0 radical (unpaired) electrons. The molecule has 2 unspecified atom stereocenters. The monoisotopic (exact) mass is 497 g/mol. The molecule has 8 heteroatoms. The zero-order valence-electron chi connectivity index (χ0n) is 19.8. The Kier molecular flexibility index (Phi) is 9.14. The van der Waals surface area contributed by atoms with Crippen LogP contribution in [0.3, 0.4) is 0 Å². The van der Waals surface area contributed by atoms with E-state index in [4.69, 9.17) is 19.4 Å². The van der Waals surface area contributed by atoms with Gasteiger partial charge in [-0.15, -0.1) is 11.8 Å². The molecular formula is C27H28FNO5S. The fourth-order valence-corrected chi connectivity index (χ4v) is 5.38. The highest BCUT2D eigenvalue weighted by Gasteiger charge is 2.42. The molecule has 3 aromatic rings. The summed E-state index contributed by atoms with van der Waals surface area (Å²) >= 11 is 1.63. The SMILES string of the molecule is COc1ccc(CN2C(=O)CC(Sc3ccc(C)cc3)C2c2ccccc2F)c(OC)c1.O=CO. The predicted octanol–water partition coefficient (Wildman–Crippen LogP) is 5.49. The Morgan fingerprint density at radius 3 is 2.40 bits per heavy atom. The number of likely N-dealkylation sites (tertiary alicyclic amines) is 1. The van der Waals surface area contributed by atoms with Gasteiger partial charge in [0, 0.05) is 40.3 Å². The van der Waals surface area contributed by atoms with E-state index >= 15 is 0 Å². The molecule has 35 heavy (non-hydrogen) atoms. The summed E-state index contributed by atoms with van der Waals surface area (Å²) in [5, 5.41) is 6.78. The Bertz CT molecular complexity index is 1150. The molecule has 4 rings (SSSR count). The van der Waals surface area contributed by atoms with Crippen molar-refractivity contribution < 1.29 is 28.6 Å². The highest BCUT2D eigenvalue weighted by atomic mass is 32.2. The van der Waals surface area contributed by atoms with Gasteiger partial charge in [0.1, 0.15) is 17.3 Å². The molecule has 1 saturated heterocycles. The minimum Gasteiger partial charge on any atom is -0.497 e. The van der Waals surface area contributed by atoms with Crippen molar-refractivity contribution in [2.45, 2.75) is 36.1 Å². The van der Waals surface area contributed by atoms with Crippen LogP contribution in [0.4, 0.5) is 4.39 Å². The third-order valence-electron chi connectivity index (χ3n) is 5.75. The number of aryl methyl sites for hydroxylation is 1. The Morgan fingerprint density at radius 2 is 1.77 bits per heavy atom. The third-order valence-corrected chi connectivity index (χ3v) is 7.02. The van der Waals surface area contributed by atoms with E-state index in [0.717, 1.165) is 10.5 Å². The second-order valence-corrected chi connectivity index (χ2v) is 9.26. The van der Waals surface area contributed by atoms with Crippen molar-refractivity contribution in [2.75, 3.05) is 14.2 Å². The Labute approximate surface area is 208 Å². The maximum Gasteiger partial charge on any atom is 0.290 e. The number of carboxylic acid groups (broad SMARTS) is 1. The summed E-state index contributed by atoms with van der Waals surface area (Å²) in [4.78, 5) is 24.4. The van der Waals surface area contributed by atoms with Gasteiger partial charge in [-0.3, -0.25) is 9.59 Å². The van der Waals surface area contributed by atoms with Gasteiger partial charge in [0.15, 0.2) is 0 Å². The van der Waals surface area contributed by atoms with Crippen LogP contribution in [-0.2, 0) is 16.1 Å². The van der Waals surface area contributed by atoms with E-state index in [1.54, 1.807) is 49.1 Å². The quantitative estimate of drug-likeness (QED) is 0.435. The molecular weight excluding hydrogens is 469 g/mol. The number of rotatable bonds is 7. The molecule has 6 nitrogen and oxygen atoms in total. The van der Waals surface area contributed by atoms with Gasteiger partial charge < -0.3 is 19.5 Å². The van der Waals surface area contributed by atoms with Crippen molar-refractivity contribution in [1.82, 2.24) is 4.90 Å². The number of methoxy groups -OCH3 is 2. The minimum absolute atomic E-state index is 0.000681. The van der Waals surface area contributed by atoms with E-state index in [0.29, 0.717) is 30.0 Å². The minimum atomic E-state index is -0.387. The fourth-order valence-electron chi connectivity index (χ4n) is 4.09. The molecule has 1 heterocycles. The Balaban J connectivity index is 0.00000108. The smallest absolute Gasteiger partial charge is 0.290 e. The zero-order chi connectivity index (χ0) is 25.4. The van der Waals surface area contributed by atoms with Crippen molar-refractivity contribution in [3.05, 3.63) is 89.2 Å². The molecule has 1 N–H and O–H groups in total. The van der Waals surface area contributed by atoms with Crippen LogP contribution in [0.25, 0.3) is 0 Å². The first-order valence-corrected chi connectivity index (χ1v) is 11.9. The maximum atomic E-state index is 14.9. The number of benzene rings is 3. The summed E-state index contributed by atoms with van der Waals surface area (Å²) < 4.78 is 25.7. The second kappa shape index (κ2) is 12.3. The second-order valence-electron chi connectivity index (χ2n) is 7.94. The van der Waals surface area contributed by atoms with Crippen LogP contribution in [0.1, 0.15) is 29.2 Å². The number of carbonyl (C=O) groups excluding carboxylic acids is 1. The summed E-state index contributed by atoms with van der Waals surface area (Å²) in [5.41, 5.74) is 2.56. The van der Waals surface area contributed by atoms with Gasteiger partial charge in [0.05, 0.1) is 20.3 Å². The third kappa shape index (κ3) is 6.33. The Morgan fingerprint density at radius 1 is 1.09 bits per heavy atom. The normalized spacial score (nSPS) is 16.9. The number of nitrogens with zero attached hydrogens (tertiary/aromatic N) is 1. The van der Waals surface area contributed by atoms with Gasteiger partial charge in [-0.2, -0.15) is 0 Å². The lowest BCUT2D eigenvalue weighted by molar-refractivity contribution is -0.129. The van der Waals surface area contributed by atoms with Crippen LogP contribution >= 0.6 is 11.8 Å². The lowest BCUT2D eigenvalue weighted by atomic mass is 10.0. The van der Waals surface area contributed by atoms with E-state index in [1.165, 1.54) is 11.6 Å². The highest BCUT2D eigenvalue weighted by molar-refractivity contribution is 8.00. The number of amides is 1. The summed E-state index contributed by atoms with van der Waals surface area (Å²) in [6, 6.07) is 20.1. The van der Waals surface area contributed by atoms with Crippen LogP contribution < -0.4 is 9.47 Å². The van der Waals surface area contributed by atoms with Crippen molar-refractivity contribution in [1.29, 1.82) is 0 Å². The predicted molar refractivity (Wildman–Crippen MR) is 133 cm³/mol. The first-order valence-electron chi connectivity index (χ1n) is 11.0. The summed E-state index contributed by atoms with van der Waals surface area (Å²) in [7, 11) is 3.19. The average molecular weight is 498 g/mol. The molecule has 1 fully saturated rings. The molecule has 2 atom stereocenters. The highest BCUT2D eigenvalue weighted by Crippen LogP contribution is 2.45. The molecule has 1 amide bonds. The molecule has 184 valence electrons. The van der Waals surface area contributed by atoms with E-state index in [2.05, 4.69) is 24.3 Å². The number of hydrogen-bond donors (Lipinski definition) is 1. The lowest BCUT2D eigenvalue weighted by Crippen LogP contribution is -2.30. The van der Waals surface area contributed by atoms with Crippen LogP contribution in [0, 0.1) is 12.7 Å². The van der Waals surface area contributed by atoms with E-state index in [9.17, 15) is 9.18 Å². The van der Waals surface area contributed by atoms with E-state index in [1.807, 2.05) is 25.1 Å². The molecule has 0 saturated carbocycles. The van der Waals surface area contributed by atoms with Crippen molar-refractivity contribution >= 4 is 24.1 Å². The fraction of sp³-hybridized carbons (Fsp3) is 0.259. The number of carbonyl (C=O) groups is 2. The molecule has 0 aliphatic carbocycles. The lowest BCUT2D eigenvalue weighted by Gasteiger charge is -2.29. The van der Waals surface area contributed by atoms with Gasteiger partial charge in [-0.1, -0.05) is 35.9 Å². The largest absolute Gasteiger partial charge is 0.497 e. The molecule has 1 aliphatic rings. The van der Waals surface area contributed by atoms with Gasteiger partial charge in [-0.25, -0.2) is 4.39 Å². The van der Waals surface area contributed by atoms with Gasteiger partial charge in [-0.05, 0) is 37.3 Å². The number of thioether (sulfide) groups is 1. The van der Waals surface area contributed by atoms with Gasteiger partial charge in [0.25, 0.3) is 6.47 Å². The van der Waals surface area contributed by atoms with Crippen LogP contribution in [0.2, 0.25) is 0 Å². The average Bonchev–Trinajstić information content (AvgIpc) is 3.15. The summed E-state index contributed by atoms with van der Waals surface area (Å²) in [6.07, 6.45) is 0.343. The molecule has 0 spiro atoms. The molecule has 3 aromatic carbocycles. The van der Waals surface area contributed by atoms with Crippen molar-refractivity contribution in [3.8, 4) is 11.5 Å². The number of hydrogen-bond acceptors (Lipinski definition) is 5. The van der Waals surface area contributed by atoms with E-state index < -0.39 is 0 Å². The van der Waals surface area contributed by atoms with Gasteiger partial charge in [0.2, 0.25) is 5.91 Å². The summed E-state index contributed by atoms with van der Waals surface area (Å²) in [5.74, 6) is 1.02. The zero-order valence-corrected chi connectivity index (χ0v) is 20.6. The van der Waals surface area contributed by atoms with Crippen molar-refractivity contribution in [2.24, 2.45) is 0 Å². The maximum absolute atomic E-state index is 14.9. The summed E-state index contributed by atoms with van der Waals surface area (Å²) in [6.45, 7) is 2.12. The molecule has 1 aliphatic heterocycles. The van der Waals surface area contributed by atoms with Crippen LogP contribution in [-0.4, -0.2) is 41.9 Å². The van der Waals surface area contributed by atoms with Crippen LogP contribution in [0.15, 0.2) is 71.6 Å². The Hall–Kier alpha value is -3.52. The number of ether oxygens (including phenoxy) is 2. The molecule has 0 aromatic heterocycles. The molecule has 0 bridgehead atoms. The van der Waals surface area contributed by atoms with E-state index in [-0.39, 0.29) is 29.5 Å². The topological polar surface area (TPSA) is 76.1 Å². The van der Waals surface area contributed by atoms with Crippen LogP contribution in [0.5, 0.6) is 11.5 Å². The standard InChI is InChI=1S/C26H26FNO3S.CH2O2/c1-17-8-12-20(13-9-17)32-24-15-25(29)28(26(24)21-6-4-5-7-22(21)27)16-18-10-11-19(30-2)14-23(18)31-3;2-1-3/h4-14,24,26H,15-16H2,1-3H3;1H,(H,2,3).